The lowest BCUT2D eigenvalue weighted by molar-refractivity contribution is -0.119. The van der Waals surface area contributed by atoms with Crippen LogP contribution in [0.25, 0.3) is 0 Å². The zero-order valence-corrected chi connectivity index (χ0v) is 12.4. The van der Waals surface area contributed by atoms with Gasteiger partial charge in [0.2, 0.25) is 5.91 Å². The van der Waals surface area contributed by atoms with Crippen LogP contribution in [0.4, 0.5) is 5.00 Å². The second-order valence-electron chi connectivity index (χ2n) is 4.53. The molecule has 98 valence electrons. The molecule has 1 aromatic rings. The van der Waals surface area contributed by atoms with Crippen molar-refractivity contribution < 1.29 is 4.79 Å². The van der Waals surface area contributed by atoms with Gasteiger partial charge >= 0.3 is 0 Å². The lowest BCUT2D eigenvalue weighted by Gasteiger charge is -2.09. The molecule has 5 heteroatoms. The van der Waals surface area contributed by atoms with E-state index in [1.54, 1.807) is 0 Å². The molecule has 0 aliphatic rings. The summed E-state index contributed by atoms with van der Waals surface area (Å²) in [6.07, 6.45) is 0.637. The molecule has 1 rings (SSSR count). The van der Waals surface area contributed by atoms with Gasteiger partial charge in [0, 0.05) is 16.7 Å². The van der Waals surface area contributed by atoms with Gasteiger partial charge in [0.1, 0.15) is 11.1 Å². The Morgan fingerprint density at radius 2 is 2.22 bits per heavy atom. The highest BCUT2D eigenvalue weighted by molar-refractivity contribution is 7.16. The Morgan fingerprint density at radius 3 is 2.72 bits per heavy atom. The molecule has 18 heavy (non-hydrogen) atoms. The summed E-state index contributed by atoms with van der Waals surface area (Å²) in [6, 6.07) is 3.96. The summed E-state index contributed by atoms with van der Waals surface area (Å²) in [5.41, 5.74) is 0.537. The molecule has 1 amide bonds. The average molecular weight is 285 g/mol. The van der Waals surface area contributed by atoms with Crippen LogP contribution in [-0.4, -0.2) is 11.8 Å². The van der Waals surface area contributed by atoms with Crippen molar-refractivity contribution in [2.24, 2.45) is 5.92 Å². The van der Waals surface area contributed by atoms with Crippen molar-refractivity contribution in [2.45, 2.75) is 33.1 Å². The molecular formula is C13H17ClN2OS. The second kappa shape index (κ2) is 6.77. The molecule has 0 spiro atoms. The first kappa shape index (κ1) is 15.0. The third kappa shape index (κ3) is 3.72. The first-order valence-electron chi connectivity index (χ1n) is 5.90. The van der Waals surface area contributed by atoms with E-state index in [1.807, 2.05) is 13.0 Å². The molecule has 3 nitrogen and oxygen atoms in total. The molecule has 1 unspecified atom stereocenters. The zero-order chi connectivity index (χ0) is 13.7. The fourth-order valence-corrected chi connectivity index (χ4v) is 2.74. The minimum absolute atomic E-state index is 0.0793. The number of hydrogen-bond donors (Lipinski definition) is 1. The molecule has 0 aliphatic carbocycles. The quantitative estimate of drug-likeness (QED) is 0.833. The van der Waals surface area contributed by atoms with Crippen LogP contribution in [0.3, 0.4) is 0 Å². The van der Waals surface area contributed by atoms with Crippen molar-refractivity contribution in [3.8, 4) is 6.07 Å². The van der Waals surface area contributed by atoms with Crippen molar-refractivity contribution in [1.29, 1.82) is 5.26 Å². The van der Waals surface area contributed by atoms with Crippen LogP contribution >= 0.6 is 22.9 Å². The van der Waals surface area contributed by atoms with E-state index < -0.39 is 0 Å². The lowest BCUT2D eigenvalue weighted by Crippen LogP contribution is -2.20. The smallest absolute Gasteiger partial charge is 0.227 e. The van der Waals surface area contributed by atoms with Crippen molar-refractivity contribution in [3.63, 3.8) is 0 Å². The summed E-state index contributed by atoms with van der Waals surface area (Å²) in [7, 11) is 0. The summed E-state index contributed by atoms with van der Waals surface area (Å²) in [5, 5.41) is 12.5. The number of nitriles is 1. The van der Waals surface area contributed by atoms with Crippen LogP contribution < -0.4 is 5.32 Å². The van der Waals surface area contributed by atoms with Gasteiger partial charge in [0.05, 0.1) is 5.56 Å². The monoisotopic (exact) mass is 284 g/mol. The maximum Gasteiger partial charge on any atom is 0.227 e. The van der Waals surface area contributed by atoms with Crippen LogP contribution in [-0.2, 0) is 4.79 Å². The van der Waals surface area contributed by atoms with Gasteiger partial charge in [-0.3, -0.25) is 4.79 Å². The van der Waals surface area contributed by atoms with Gasteiger partial charge in [-0.2, -0.15) is 5.26 Å². The van der Waals surface area contributed by atoms with Gasteiger partial charge < -0.3 is 5.32 Å². The molecule has 0 aliphatic heterocycles. The first-order valence-corrected chi connectivity index (χ1v) is 7.25. The zero-order valence-electron chi connectivity index (χ0n) is 10.8. The molecule has 1 aromatic heterocycles. The SMILES string of the molecule is CC(CCCl)C(=O)Nc1sc(C(C)C)cc1C#N. The van der Waals surface area contributed by atoms with Gasteiger partial charge in [-0.25, -0.2) is 0 Å². The van der Waals surface area contributed by atoms with Crippen LogP contribution in [0.15, 0.2) is 6.07 Å². The maximum atomic E-state index is 11.9. The summed E-state index contributed by atoms with van der Waals surface area (Å²) < 4.78 is 0. The standard InChI is InChI=1S/C13H17ClN2OS/c1-8(2)11-6-10(7-15)13(18-11)16-12(17)9(3)4-5-14/h6,8-9H,4-5H2,1-3H3,(H,16,17). The van der Waals surface area contributed by atoms with Crippen LogP contribution in [0.1, 0.15) is 43.6 Å². The van der Waals surface area contributed by atoms with Gasteiger partial charge in [-0.15, -0.1) is 22.9 Å². The minimum atomic E-state index is -0.140. The number of nitrogens with zero attached hydrogens (tertiary/aromatic N) is 1. The van der Waals surface area contributed by atoms with Crippen molar-refractivity contribution in [1.82, 2.24) is 0 Å². The van der Waals surface area contributed by atoms with E-state index in [1.165, 1.54) is 11.3 Å². The van der Waals surface area contributed by atoms with Gasteiger partial charge in [-0.05, 0) is 18.4 Å². The molecule has 0 radical (unpaired) electrons. The number of carbonyl (C=O) groups excluding carboxylic acids is 1. The van der Waals surface area contributed by atoms with Crippen molar-refractivity contribution in [2.75, 3.05) is 11.2 Å². The highest BCUT2D eigenvalue weighted by Gasteiger charge is 2.17. The Kier molecular flexibility index (Phi) is 5.64. The first-order chi connectivity index (χ1) is 8.49. The van der Waals surface area contributed by atoms with E-state index in [0.717, 1.165) is 4.88 Å². The van der Waals surface area contributed by atoms with Crippen molar-refractivity contribution >= 4 is 33.8 Å². The van der Waals surface area contributed by atoms with Crippen molar-refractivity contribution in [3.05, 3.63) is 16.5 Å². The topological polar surface area (TPSA) is 52.9 Å². The molecule has 1 atom stereocenters. The predicted molar refractivity (Wildman–Crippen MR) is 76.3 cm³/mol. The number of thiophene rings is 1. The third-order valence-corrected chi connectivity index (χ3v) is 4.24. The summed E-state index contributed by atoms with van der Waals surface area (Å²) in [5.74, 6) is 0.595. The number of nitrogens with one attached hydrogen (secondary N) is 1. The van der Waals surface area contributed by atoms with Gasteiger partial charge in [0.25, 0.3) is 0 Å². The average Bonchev–Trinajstić information content (AvgIpc) is 2.72. The molecule has 0 fully saturated rings. The Morgan fingerprint density at radius 1 is 1.56 bits per heavy atom. The summed E-state index contributed by atoms with van der Waals surface area (Å²) in [6.45, 7) is 5.96. The highest BCUT2D eigenvalue weighted by atomic mass is 35.5. The lowest BCUT2D eigenvalue weighted by atomic mass is 10.1. The number of hydrogen-bond acceptors (Lipinski definition) is 3. The Labute approximate surface area is 117 Å². The second-order valence-corrected chi connectivity index (χ2v) is 5.99. The highest BCUT2D eigenvalue weighted by Crippen LogP contribution is 2.32. The fraction of sp³-hybridized carbons (Fsp3) is 0.538. The maximum absolute atomic E-state index is 11.9. The Bertz CT molecular complexity index is 462. The number of amides is 1. The number of alkyl halides is 1. The molecule has 0 saturated carbocycles. The Hall–Kier alpha value is -1.05. The molecular weight excluding hydrogens is 268 g/mol. The number of halogens is 1. The number of rotatable bonds is 5. The van der Waals surface area contributed by atoms with E-state index in [9.17, 15) is 4.79 Å². The largest absolute Gasteiger partial charge is 0.316 e. The molecule has 0 saturated heterocycles. The fourth-order valence-electron chi connectivity index (χ4n) is 1.40. The van der Waals surface area contributed by atoms with Gasteiger partial charge in [0.15, 0.2) is 0 Å². The van der Waals surface area contributed by atoms with Gasteiger partial charge in [-0.1, -0.05) is 20.8 Å². The number of anilines is 1. The minimum Gasteiger partial charge on any atom is -0.316 e. The van der Waals surface area contributed by atoms with E-state index in [-0.39, 0.29) is 11.8 Å². The predicted octanol–water partition coefficient (Wildman–Crippen LogP) is 3.95. The molecule has 0 aromatic carbocycles. The van der Waals surface area contributed by atoms with E-state index >= 15 is 0 Å². The van der Waals surface area contributed by atoms with E-state index in [0.29, 0.717) is 28.8 Å². The Balaban J connectivity index is 2.84. The normalized spacial score (nSPS) is 12.2. The molecule has 1 heterocycles. The van der Waals surface area contributed by atoms with E-state index in [2.05, 4.69) is 25.2 Å². The van der Waals surface area contributed by atoms with Crippen LogP contribution in [0.2, 0.25) is 0 Å². The third-order valence-electron chi connectivity index (χ3n) is 2.67. The molecule has 0 bridgehead atoms. The van der Waals surface area contributed by atoms with E-state index in [4.69, 9.17) is 16.9 Å². The summed E-state index contributed by atoms with van der Waals surface area (Å²) in [4.78, 5) is 13.0. The number of carbonyl (C=O) groups is 1. The van der Waals surface area contributed by atoms with Crippen LogP contribution in [0.5, 0.6) is 0 Å². The molecule has 1 N–H and O–H groups in total. The van der Waals surface area contributed by atoms with Crippen LogP contribution in [0, 0.1) is 17.2 Å². The summed E-state index contributed by atoms with van der Waals surface area (Å²) >= 11 is 7.09.